The van der Waals surface area contributed by atoms with Crippen LogP contribution < -0.4 is 5.32 Å². The van der Waals surface area contributed by atoms with Gasteiger partial charge in [-0.25, -0.2) is 0 Å². The standard InChI is InChI=1S/C22H39N5O.HI/c1-23-21(24-16-22(8-4-5-9-22)20(28)25(2)3)27-12-10-26(11-13-27)19-15-17-6-7-18(19)14-17;/h17-19H,4-16H2,1-3H3,(H,23,24);1H. The molecule has 3 unspecified atom stereocenters. The SMILES string of the molecule is CN=C(NCC1(C(=O)N(C)C)CCCC1)N1CCN(C2CC3CCC2C3)CC1.I. The lowest BCUT2D eigenvalue weighted by atomic mass is 9.84. The summed E-state index contributed by atoms with van der Waals surface area (Å²) >= 11 is 0. The smallest absolute Gasteiger partial charge is 0.230 e. The lowest BCUT2D eigenvalue weighted by Gasteiger charge is -2.42. The van der Waals surface area contributed by atoms with Crippen molar-refractivity contribution in [3.8, 4) is 0 Å². The van der Waals surface area contributed by atoms with Gasteiger partial charge in [0, 0.05) is 59.9 Å². The van der Waals surface area contributed by atoms with Gasteiger partial charge in [-0.3, -0.25) is 14.7 Å². The fourth-order valence-electron chi connectivity index (χ4n) is 6.50. The molecule has 0 radical (unpaired) electrons. The van der Waals surface area contributed by atoms with Crippen LogP contribution in [0.25, 0.3) is 0 Å². The third kappa shape index (κ3) is 4.70. The number of nitrogens with one attached hydrogen (secondary N) is 1. The van der Waals surface area contributed by atoms with E-state index >= 15 is 0 Å². The second-order valence-electron chi connectivity index (χ2n) is 9.85. The van der Waals surface area contributed by atoms with Crippen molar-refractivity contribution in [1.82, 2.24) is 20.0 Å². The average Bonchev–Trinajstić information content (AvgIpc) is 3.46. The molecule has 1 amide bonds. The summed E-state index contributed by atoms with van der Waals surface area (Å²) in [5.41, 5.74) is -0.246. The van der Waals surface area contributed by atoms with Crippen molar-refractivity contribution in [3.63, 3.8) is 0 Å². The third-order valence-corrected chi connectivity index (χ3v) is 8.00. The molecule has 0 spiro atoms. The number of halogens is 1. The summed E-state index contributed by atoms with van der Waals surface area (Å²) in [6.45, 7) is 5.10. The highest BCUT2D eigenvalue weighted by Gasteiger charge is 2.44. The Bertz CT molecular complexity index is 596. The van der Waals surface area contributed by atoms with Gasteiger partial charge < -0.3 is 15.1 Å². The van der Waals surface area contributed by atoms with E-state index in [0.29, 0.717) is 6.54 Å². The molecule has 2 bridgehead atoms. The van der Waals surface area contributed by atoms with Crippen LogP contribution in [-0.4, -0.2) is 86.5 Å². The van der Waals surface area contributed by atoms with Crippen LogP contribution in [0.15, 0.2) is 4.99 Å². The van der Waals surface area contributed by atoms with Crippen LogP contribution in [0.2, 0.25) is 0 Å². The highest BCUT2D eigenvalue weighted by molar-refractivity contribution is 14.0. The van der Waals surface area contributed by atoms with Crippen LogP contribution in [-0.2, 0) is 4.79 Å². The lowest BCUT2D eigenvalue weighted by Crippen LogP contribution is -2.57. The van der Waals surface area contributed by atoms with E-state index in [2.05, 4.69) is 20.1 Å². The summed E-state index contributed by atoms with van der Waals surface area (Å²) in [4.78, 5) is 24.3. The predicted octanol–water partition coefficient (Wildman–Crippen LogP) is 2.63. The fraction of sp³-hybridized carbons (Fsp3) is 0.909. The molecule has 29 heavy (non-hydrogen) atoms. The molecule has 6 nitrogen and oxygen atoms in total. The third-order valence-electron chi connectivity index (χ3n) is 8.00. The van der Waals surface area contributed by atoms with E-state index in [4.69, 9.17) is 0 Å². The van der Waals surface area contributed by atoms with Crippen molar-refractivity contribution in [2.24, 2.45) is 22.2 Å². The highest BCUT2D eigenvalue weighted by atomic mass is 127. The largest absolute Gasteiger partial charge is 0.355 e. The van der Waals surface area contributed by atoms with Gasteiger partial charge >= 0.3 is 0 Å². The second kappa shape index (κ2) is 9.71. The summed E-state index contributed by atoms with van der Waals surface area (Å²) in [6, 6.07) is 0.843. The van der Waals surface area contributed by atoms with Crippen LogP contribution in [0, 0.1) is 17.3 Å². The minimum atomic E-state index is -0.246. The first kappa shape index (κ1) is 23.1. The Labute approximate surface area is 193 Å². The molecule has 3 aliphatic carbocycles. The van der Waals surface area contributed by atoms with Crippen molar-refractivity contribution < 1.29 is 4.79 Å². The molecule has 1 saturated heterocycles. The predicted molar refractivity (Wildman–Crippen MR) is 129 cm³/mol. The summed E-state index contributed by atoms with van der Waals surface area (Å²) in [5.74, 6) is 3.23. The Morgan fingerprint density at radius 1 is 1.10 bits per heavy atom. The van der Waals surface area contributed by atoms with Crippen LogP contribution in [0.5, 0.6) is 0 Å². The first-order valence-corrected chi connectivity index (χ1v) is 11.4. The second-order valence-corrected chi connectivity index (χ2v) is 9.85. The number of nitrogens with zero attached hydrogens (tertiary/aromatic N) is 4. The molecular weight excluding hydrogens is 477 g/mol. The average molecular weight is 518 g/mol. The van der Waals surface area contributed by atoms with Crippen molar-refractivity contribution >= 4 is 35.8 Å². The molecule has 3 atom stereocenters. The van der Waals surface area contributed by atoms with Gasteiger partial charge in [-0.05, 0) is 43.9 Å². The monoisotopic (exact) mass is 517 g/mol. The Morgan fingerprint density at radius 2 is 1.79 bits per heavy atom. The summed E-state index contributed by atoms with van der Waals surface area (Å²) in [6.07, 6.45) is 10.1. The molecule has 4 aliphatic rings. The summed E-state index contributed by atoms with van der Waals surface area (Å²) < 4.78 is 0. The molecular formula is C22H40IN5O. The maximum absolute atomic E-state index is 12.8. The summed E-state index contributed by atoms with van der Waals surface area (Å²) in [7, 11) is 5.64. The Kier molecular flexibility index (Phi) is 7.73. The highest BCUT2D eigenvalue weighted by Crippen LogP contribution is 2.46. The molecule has 166 valence electrons. The van der Waals surface area contributed by atoms with Crippen LogP contribution in [0.3, 0.4) is 0 Å². The van der Waals surface area contributed by atoms with Gasteiger partial charge in [0.1, 0.15) is 0 Å². The van der Waals surface area contributed by atoms with Crippen molar-refractivity contribution in [2.45, 2.75) is 57.4 Å². The van der Waals surface area contributed by atoms with E-state index in [1.54, 1.807) is 4.90 Å². The van der Waals surface area contributed by atoms with E-state index < -0.39 is 0 Å². The van der Waals surface area contributed by atoms with Crippen LogP contribution >= 0.6 is 24.0 Å². The number of carbonyl (C=O) groups excluding carboxylic acids is 1. The number of rotatable bonds is 4. The van der Waals surface area contributed by atoms with Crippen molar-refractivity contribution in [1.29, 1.82) is 0 Å². The van der Waals surface area contributed by atoms with Gasteiger partial charge in [0.05, 0.1) is 5.41 Å². The van der Waals surface area contributed by atoms with Gasteiger partial charge in [-0.15, -0.1) is 24.0 Å². The number of piperazine rings is 1. The number of aliphatic imine (C=N–C) groups is 1. The molecule has 0 aromatic heterocycles. The lowest BCUT2D eigenvalue weighted by molar-refractivity contribution is -0.138. The van der Waals surface area contributed by atoms with Crippen molar-refractivity contribution in [3.05, 3.63) is 0 Å². The molecule has 1 N–H and O–H groups in total. The molecule has 1 aliphatic heterocycles. The van der Waals surface area contributed by atoms with Crippen LogP contribution in [0.1, 0.15) is 51.4 Å². The van der Waals surface area contributed by atoms with Gasteiger partial charge in [-0.1, -0.05) is 19.3 Å². The quantitative estimate of drug-likeness (QED) is 0.354. The fourth-order valence-corrected chi connectivity index (χ4v) is 6.50. The molecule has 3 saturated carbocycles. The van der Waals surface area contributed by atoms with Gasteiger partial charge in [0.25, 0.3) is 0 Å². The first-order valence-electron chi connectivity index (χ1n) is 11.4. The molecule has 4 fully saturated rings. The van der Waals surface area contributed by atoms with E-state index in [-0.39, 0.29) is 35.3 Å². The van der Waals surface area contributed by atoms with E-state index in [9.17, 15) is 4.79 Å². The molecule has 1 heterocycles. The number of guanidine groups is 1. The number of carbonyl (C=O) groups is 1. The van der Waals surface area contributed by atoms with E-state index in [1.165, 1.54) is 25.7 Å². The Morgan fingerprint density at radius 3 is 2.31 bits per heavy atom. The normalized spacial score (nSPS) is 31.6. The Balaban J connectivity index is 0.00000240. The van der Waals surface area contributed by atoms with Gasteiger partial charge in [-0.2, -0.15) is 0 Å². The molecule has 0 aromatic carbocycles. The topological polar surface area (TPSA) is 51.2 Å². The van der Waals surface area contributed by atoms with Gasteiger partial charge in [0.15, 0.2) is 5.96 Å². The molecule has 7 heteroatoms. The zero-order chi connectivity index (χ0) is 19.7. The Hall–Kier alpha value is -0.570. The van der Waals surface area contributed by atoms with Gasteiger partial charge in [0.2, 0.25) is 5.91 Å². The maximum atomic E-state index is 12.8. The minimum absolute atomic E-state index is 0. The number of hydrogen-bond acceptors (Lipinski definition) is 3. The zero-order valence-corrected chi connectivity index (χ0v) is 20.9. The maximum Gasteiger partial charge on any atom is 0.230 e. The van der Waals surface area contributed by atoms with Crippen molar-refractivity contribution in [2.75, 3.05) is 53.9 Å². The molecule has 0 aromatic rings. The van der Waals surface area contributed by atoms with E-state index in [1.807, 2.05) is 21.1 Å². The first-order chi connectivity index (χ1) is 13.5. The number of fused-ring (bicyclic) bond motifs is 2. The number of amides is 1. The van der Waals surface area contributed by atoms with E-state index in [0.717, 1.165) is 75.7 Å². The number of hydrogen-bond donors (Lipinski definition) is 1. The summed E-state index contributed by atoms with van der Waals surface area (Å²) in [5, 5.41) is 3.58. The molecule has 4 rings (SSSR count). The van der Waals surface area contributed by atoms with Crippen LogP contribution in [0.4, 0.5) is 0 Å². The minimum Gasteiger partial charge on any atom is -0.355 e. The zero-order valence-electron chi connectivity index (χ0n) is 18.5.